The van der Waals surface area contributed by atoms with Crippen LogP contribution in [0.25, 0.3) is 0 Å². The fraction of sp³-hybridized carbons (Fsp3) is 0.881. The number of ether oxygens (including phenoxy) is 9. The van der Waals surface area contributed by atoms with Crippen LogP contribution in [0.3, 0.4) is 0 Å². The second-order valence-corrected chi connectivity index (χ2v) is 17.5. The molecule has 3 aliphatic heterocycles. The van der Waals surface area contributed by atoms with E-state index in [0.717, 1.165) is 0 Å². The predicted octanol–water partition coefficient (Wildman–Crippen LogP) is 3.71. The Labute approximate surface area is 343 Å². The maximum Gasteiger partial charge on any atom is 0.311 e. The number of carbonyl (C=O) groups is 5. The number of cyclic esters (lactones) is 1. The Kier molecular flexibility index (Phi) is 17.5. The second kappa shape index (κ2) is 20.3. The minimum Gasteiger partial charge on any atom is -0.461 e. The van der Waals surface area contributed by atoms with Crippen molar-refractivity contribution in [3.05, 3.63) is 0 Å². The Balaban J connectivity index is 2.25. The van der Waals surface area contributed by atoms with E-state index >= 15 is 0 Å². The summed E-state index contributed by atoms with van der Waals surface area (Å²) >= 11 is 0. The SMILES string of the molecule is CO[C@H]1C[C@H](C)O[C@H](O[C@@H]2[C@@H](C)[C@@H](O[C@H]3C[C@@](C)(OC)[C@H](OC(C)=O)[C@@H](C)O3)[C@H](C)C(=O)O[C@H]([C@H](C)C(C)=O)[C@@H](C)[C@H](OC(C)=O)[C@H](C)C(=O)[C@](C)(O)C[C@H]2C)[C@@H]1O. The molecule has 3 rings (SSSR count). The molecule has 0 radical (unpaired) electrons. The van der Waals surface area contributed by atoms with Crippen LogP contribution in [-0.2, 0) is 66.6 Å². The third-order valence-corrected chi connectivity index (χ3v) is 12.6. The van der Waals surface area contributed by atoms with Gasteiger partial charge in [-0.1, -0.05) is 34.6 Å². The van der Waals surface area contributed by atoms with Crippen molar-refractivity contribution >= 4 is 29.5 Å². The third kappa shape index (κ3) is 11.6. The predicted molar refractivity (Wildman–Crippen MR) is 207 cm³/mol. The average molecular weight is 831 g/mol. The minimum absolute atomic E-state index is 0.0710. The zero-order valence-electron chi connectivity index (χ0n) is 37.0. The molecule has 0 bridgehead atoms. The smallest absolute Gasteiger partial charge is 0.311 e. The standard InChI is InChI=1S/C42H70O16/c1-19-17-41(12,49)37(47)24(6)35(54-28(10)44)23(5)34(21(3)26(8)43)57-39(48)25(7)36(22(4)33(19)58-40-32(46)30(50-14)16-20(2)52-40)56-31-18-42(13,51-15)38(27(9)53-31)55-29(11)45/h19-25,27,30-36,38,40,46,49H,16-18H2,1-15H3/t19-,20+,21-,22-,23-,24+,25+,27-,30+,31+,32-,33+,34-,35+,36-,38-,40-,41-,42-/m1/s1. The molecular weight excluding hydrogens is 760 g/mol. The Morgan fingerprint density at radius 3 is 1.95 bits per heavy atom. The van der Waals surface area contributed by atoms with Crippen molar-refractivity contribution in [1.82, 2.24) is 0 Å². The highest BCUT2D eigenvalue weighted by atomic mass is 16.7. The van der Waals surface area contributed by atoms with E-state index < -0.39 is 132 Å². The first kappa shape index (κ1) is 49.8. The van der Waals surface area contributed by atoms with Crippen molar-refractivity contribution in [1.29, 1.82) is 0 Å². The fourth-order valence-corrected chi connectivity index (χ4v) is 9.13. The molecule has 3 heterocycles. The van der Waals surface area contributed by atoms with Gasteiger partial charge in [0.15, 0.2) is 24.5 Å². The molecule has 0 aromatic carbocycles. The molecule has 58 heavy (non-hydrogen) atoms. The van der Waals surface area contributed by atoms with Gasteiger partial charge in [-0.3, -0.25) is 24.0 Å². The van der Waals surface area contributed by atoms with E-state index in [2.05, 4.69) is 0 Å². The van der Waals surface area contributed by atoms with Gasteiger partial charge in [0.1, 0.15) is 35.3 Å². The van der Waals surface area contributed by atoms with Crippen LogP contribution in [0.1, 0.15) is 109 Å². The van der Waals surface area contributed by atoms with E-state index in [-0.39, 0.29) is 24.7 Å². The lowest BCUT2D eigenvalue weighted by molar-refractivity contribution is -0.313. The summed E-state index contributed by atoms with van der Waals surface area (Å²) in [5, 5.41) is 23.4. The van der Waals surface area contributed by atoms with Crippen molar-refractivity contribution in [2.24, 2.45) is 35.5 Å². The Morgan fingerprint density at radius 2 is 1.41 bits per heavy atom. The second-order valence-electron chi connectivity index (χ2n) is 17.5. The first-order valence-corrected chi connectivity index (χ1v) is 20.5. The van der Waals surface area contributed by atoms with Crippen LogP contribution in [0, 0.1) is 35.5 Å². The molecule has 3 fully saturated rings. The highest BCUT2D eigenvalue weighted by Crippen LogP contribution is 2.41. The third-order valence-electron chi connectivity index (χ3n) is 12.6. The van der Waals surface area contributed by atoms with E-state index in [1.807, 2.05) is 6.92 Å². The molecule has 334 valence electrons. The van der Waals surface area contributed by atoms with Crippen molar-refractivity contribution in [3.63, 3.8) is 0 Å². The van der Waals surface area contributed by atoms with Crippen LogP contribution in [-0.4, -0.2) is 133 Å². The van der Waals surface area contributed by atoms with Gasteiger partial charge in [-0.05, 0) is 53.9 Å². The molecule has 0 saturated carbocycles. The number of rotatable bonds is 10. The largest absolute Gasteiger partial charge is 0.461 e. The lowest BCUT2D eigenvalue weighted by atomic mass is 9.74. The molecule has 0 spiro atoms. The summed E-state index contributed by atoms with van der Waals surface area (Å²) in [6.45, 7) is 20.4. The molecule has 3 saturated heterocycles. The summed E-state index contributed by atoms with van der Waals surface area (Å²) in [5.41, 5.74) is -3.08. The normalized spacial score (nSPS) is 44.0. The van der Waals surface area contributed by atoms with Gasteiger partial charge in [-0.2, -0.15) is 0 Å². The molecule has 2 N–H and O–H groups in total. The van der Waals surface area contributed by atoms with Crippen LogP contribution in [0.5, 0.6) is 0 Å². The highest BCUT2D eigenvalue weighted by Gasteiger charge is 2.53. The summed E-state index contributed by atoms with van der Waals surface area (Å²) in [6, 6.07) is 0. The van der Waals surface area contributed by atoms with Crippen molar-refractivity contribution in [2.75, 3.05) is 14.2 Å². The summed E-state index contributed by atoms with van der Waals surface area (Å²) in [5.74, 6) is -8.34. The maximum atomic E-state index is 14.5. The molecule has 0 unspecified atom stereocenters. The van der Waals surface area contributed by atoms with Crippen molar-refractivity contribution < 1.29 is 76.8 Å². The zero-order valence-corrected chi connectivity index (χ0v) is 37.0. The molecule has 0 amide bonds. The molecular formula is C42H70O16. The number of aliphatic hydroxyl groups excluding tert-OH is 1. The van der Waals surface area contributed by atoms with Crippen molar-refractivity contribution in [3.8, 4) is 0 Å². The molecule has 3 aliphatic rings. The lowest BCUT2D eigenvalue weighted by Gasteiger charge is -2.48. The minimum atomic E-state index is -2.01. The fourth-order valence-electron chi connectivity index (χ4n) is 9.13. The lowest BCUT2D eigenvalue weighted by Crippen LogP contribution is -2.59. The van der Waals surface area contributed by atoms with Crippen LogP contribution in [0.4, 0.5) is 0 Å². The first-order chi connectivity index (χ1) is 26.8. The molecule has 0 aromatic heterocycles. The topological polar surface area (TPSA) is 209 Å². The zero-order chi connectivity index (χ0) is 44.2. The number of Topliss-reactive ketones (excluding diaryl/α,β-unsaturated/α-hetero) is 2. The van der Waals surface area contributed by atoms with Gasteiger partial charge in [0, 0.05) is 52.7 Å². The van der Waals surface area contributed by atoms with Gasteiger partial charge in [-0.25, -0.2) is 0 Å². The molecule has 0 aliphatic carbocycles. The maximum absolute atomic E-state index is 14.5. The van der Waals surface area contributed by atoms with Crippen LogP contribution in [0.2, 0.25) is 0 Å². The number of methoxy groups -OCH3 is 2. The summed E-state index contributed by atoms with van der Waals surface area (Å²) in [4.78, 5) is 66.4. The van der Waals surface area contributed by atoms with E-state index in [4.69, 9.17) is 42.6 Å². The van der Waals surface area contributed by atoms with Gasteiger partial charge in [0.2, 0.25) is 0 Å². The summed E-state index contributed by atoms with van der Waals surface area (Å²) in [6.07, 6.45) is -10.1. The van der Waals surface area contributed by atoms with E-state index in [9.17, 15) is 34.2 Å². The number of ketones is 2. The van der Waals surface area contributed by atoms with Crippen LogP contribution >= 0.6 is 0 Å². The quantitative estimate of drug-likeness (QED) is 0.238. The first-order valence-electron chi connectivity index (χ1n) is 20.5. The van der Waals surface area contributed by atoms with Gasteiger partial charge >= 0.3 is 17.9 Å². The van der Waals surface area contributed by atoms with Crippen LogP contribution < -0.4 is 0 Å². The van der Waals surface area contributed by atoms with E-state index in [1.165, 1.54) is 48.8 Å². The Hall–Kier alpha value is -2.57. The molecule has 19 atom stereocenters. The van der Waals surface area contributed by atoms with E-state index in [0.29, 0.717) is 6.42 Å². The number of aliphatic hydroxyl groups is 2. The van der Waals surface area contributed by atoms with Gasteiger partial charge in [0.25, 0.3) is 0 Å². The molecule has 16 nitrogen and oxygen atoms in total. The van der Waals surface area contributed by atoms with Gasteiger partial charge in [0.05, 0.1) is 48.3 Å². The van der Waals surface area contributed by atoms with Crippen LogP contribution in [0.15, 0.2) is 0 Å². The number of hydrogen-bond acceptors (Lipinski definition) is 16. The molecule has 16 heteroatoms. The highest BCUT2D eigenvalue weighted by molar-refractivity contribution is 5.89. The summed E-state index contributed by atoms with van der Waals surface area (Å²) in [7, 11) is 2.96. The number of hydrogen-bond donors (Lipinski definition) is 2. The average Bonchev–Trinajstić information content (AvgIpc) is 3.13. The molecule has 0 aromatic rings. The van der Waals surface area contributed by atoms with E-state index in [1.54, 1.807) is 48.5 Å². The van der Waals surface area contributed by atoms with Crippen molar-refractivity contribution in [2.45, 2.75) is 188 Å². The van der Waals surface area contributed by atoms with Gasteiger partial charge < -0.3 is 52.8 Å². The number of esters is 3. The van der Waals surface area contributed by atoms with Gasteiger partial charge in [-0.15, -0.1) is 0 Å². The number of carbonyl (C=O) groups excluding carboxylic acids is 5. The monoisotopic (exact) mass is 830 g/mol. The Bertz CT molecular complexity index is 1440. The summed E-state index contributed by atoms with van der Waals surface area (Å²) < 4.78 is 54.9. The Morgan fingerprint density at radius 1 is 0.810 bits per heavy atom.